The van der Waals surface area contributed by atoms with E-state index < -0.39 is 11.9 Å². The van der Waals surface area contributed by atoms with Crippen LogP contribution in [0.25, 0.3) is 22.3 Å². The molecule has 4 rings (SSSR count). The zero-order valence-electron chi connectivity index (χ0n) is 15.0. The molecule has 0 aliphatic carbocycles. The van der Waals surface area contributed by atoms with Gasteiger partial charge in [-0.25, -0.2) is 9.97 Å². The lowest BCUT2D eigenvalue weighted by Gasteiger charge is -2.09. The minimum atomic E-state index is -4.49. The standard InChI is InChI=1S/C19H13ClF3N5O/c1-28-9-15(19(21,22)23)26-16(28)12-4-2-11(3-5-12)10-29-17-13-6-7-24-8-14(13)25-18(20)27-17/h2-9H,10H2,1H3. The van der Waals surface area contributed by atoms with E-state index in [0.29, 0.717) is 22.3 Å². The lowest BCUT2D eigenvalue weighted by molar-refractivity contribution is -0.140. The summed E-state index contributed by atoms with van der Waals surface area (Å²) in [7, 11) is 1.52. The monoisotopic (exact) mass is 419 g/mol. The maximum Gasteiger partial charge on any atom is 0.434 e. The summed E-state index contributed by atoms with van der Waals surface area (Å²) in [5, 5.41) is 0.722. The zero-order chi connectivity index (χ0) is 20.6. The number of alkyl halides is 3. The number of rotatable bonds is 4. The molecule has 148 valence electrons. The van der Waals surface area contributed by atoms with Gasteiger partial charge >= 0.3 is 6.18 Å². The average molecular weight is 420 g/mol. The van der Waals surface area contributed by atoms with Crippen LogP contribution in [0.3, 0.4) is 0 Å². The smallest absolute Gasteiger partial charge is 0.434 e. The minimum absolute atomic E-state index is 0.0473. The van der Waals surface area contributed by atoms with Crippen molar-refractivity contribution >= 4 is 22.5 Å². The number of imidazole rings is 1. The largest absolute Gasteiger partial charge is 0.472 e. The fourth-order valence-electron chi connectivity index (χ4n) is 2.81. The van der Waals surface area contributed by atoms with Crippen molar-refractivity contribution in [2.24, 2.45) is 7.05 Å². The molecule has 0 saturated heterocycles. The Balaban J connectivity index is 1.54. The van der Waals surface area contributed by atoms with Crippen LogP contribution < -0.4 is 4.74 Å². The normalized spacial score (nSPS) is 11.8. The van der Waals surface area contributed by atoms with Gasteiger partial charge in [-0.3, -0.25) is 4.98 Å². The number of hydrogen-bond acceptors (Lipinski definition) is 5. The molecule has 3 heterocycles. The zero-order valence-corrected chi connectivity index (χ0v) is 15.7. The molecule has 0 atom stereocenters. The molecule has 0 aliphatic rings. The number of ether oxygens (including phenoxy) is 1. The Morgan fingerprint density at radius 2 is 1.83 bits per heavy atom. The third kappa shape index (κ3) is 4.00. The van der Waals surface area contributed by atoms with E-state index in [9.17, 15) is 13.2 Å². The van der Waals surface area contributed by atoms with Crippen LogP contribution in [0.4, 0.5) is 13.2 Å². The van der Waals surface area contributed by atoms with E-state index in [-0.39, 0.29) is 17.7 Å². The summed E-state index contributed by atoms with van der Waals surface area (Å²) >= 11 is 5.92. The molecule has 0 unspecified atom stereocenters. The van der Waals surface area contributed by atoms with Gasteiger partial charge in [-0.05, 0) is 23.2 Å². The van der Waals surface area contributed by atoms with E-state index in [4.69, 9.17) is 16.3 Å². The van der Waals surface area contributed by atoms with Gasteiger partial charge in [0.1, 0.15) is 12.4 Å². The summed E-state index contributed by atoms with van der Waals surface area (Å²) in [4.78, 5) is 15.9. The number of aromatic nitrogens is 5. The molecule has 0 amide bonds. The lowest BCUT2D eigenvalue weighted by Crippen LogP contribution is -2.04. The van der Waals surface area contributed by atoms with Crippen LogP contribution in [0.5, 0.6) is 5.88 Å². The number of nitrogens with zero attached hydrogens (tertiary/aromatic N) is 5. The van der Waals surface area contributed by atoms with Crippen LogP contribution in [0.2, 0.25) is 5.28 Å². The van der Waals surface area contributed by atoms with Gasteiger partial charge in [0.15, 0.2) is 5.69 Å². The van der Waals surface area contributed by atoms with E-state index in [0.717, 1.165) is 11.8 Å². The Morgan fingerprint density at radius 3 is 2.52 bits per heavy atom. The number of pyridine rings is 1. The average Bonchev–Trinajstić information content (AvgIpc) is 3.08. The molecular weight excluding hydrogens is 407 g/mol. The number of fused-ring (bicyclic) bond motifs is 1. The van der Waals surface area contributed by atoms with Gasteiger partial charge in [-0.1, -0.05) is 24.3 Å². The maximum absolute atomic E-state index is 12.8. The Hall–Kier alpha value is -3.20. The summed E-state index contributed by atoms with van der Waals surface area (Å²) in [6.07, 6.45) is -0.359. The summed E-state index contributed by atoms with van der Waals surface area (Å²) in [6, 6.07) is 8.61. The van der Waals surface area contributed by atoms with Gasteiger partial charge in [0.2, 0.25) is 11.2 Å². The summed E-state index contributed by atoms with van der Waals surface area (Å²) < 4.78 is 45.7. The quantitative estimate of drug-likeness (QED) is 0.449. The Morgan fingerprint density at radius 1 is 1.07 bits per heavy atom. The van der Waals surface area contributed by atoms with Crippen molar-refractivity contribution in [2.75, 3.05) is 0 Å². The van der Waals surface area contributed by atoms with Gasteiger partial charge in [0, 0.05) is 25.0 Å². The van der Waals surface area contributed by atoms with Gasteiger partial charge in [-0.15, -0.1) is 0 Å². The Labute approximate surface area is 168 Å². The Kier molecular flexibility index (Phi) is 4.83. The first-order valence-electron chi connectivity index (χ1n) is 8.41. The van der Waals surface area contributed by atoms with Gasteiger partial charge in [0.05, 0.1) is 17.1 Å². The highest BCUT2D eigenvalue weighted by Crippen LogP contribution is 2.31. The molecule has 0 aliphatic heterocycles. The highest BCUT2D eigenvalue weighted by Gasteiger charge is 2.34. The van der Waals surface area contributed by atoms with Crippen molar-refractivity contribution in [1.82, 2.24) is 24.5 Å². The fourth-order valence-corrected chi connectivity index (χ4v) is 2.98. The molecule has 4 aromatic rings. The molecule has 0 saturated carbocycles. The van der Waals surface area contributed by atoms with Crippen molar-refractivity contribution < 1.29 is 17.9 Å². The molecule has 1 aromatic carbocycles. The second-order valence-electron chi connectivity index (χ2n) is 6.23. The van der Waals surface area contributed by atoms with E-state index in [2.05, 4.69) is 19.9 Å². The molecule has 0 radical (unpaired) electrons. The first kappa shape index (κ1) is 19.1. The first-order chi connectivity index (χ1) is 13.8. The second-order valence-corrected chi connectivity index (χ2v) is 6.57. The van der Waals surface area contributed by atoms with Crippen LogP contribution in [0.15, 0.2) is 48.9 Å². The third-order valence-electron chi connectivity index (χ3n) is 4.19. The predicted octanol–water partition coefficient (Wildman–Crippen LogP) is 4.68. The van der Waals surface area contributed by atoms with Crippen LogP contribution in [-0.2, 0) is 19.8 Å². The molecule has 0 bridgehead atoms. The summed E-state index contributed by atoms with van der Waals surface area (Å²) in [6.45, 7) is 0.194. The molecule has 3 aromatic heterocycles. The molecule has 0 N–H and O–H groups in total. The summed E-state index contributed by atoms with van der Waals surface area (Å²) in [5.74, 6) is 0.552. The van der Waals surface area contributed by atoms with Gasteiger partial charge < -0.3 is 9.30 Å². The highest BCUT2D eigenvalue weighted by atomic mass is 35.5. The van der Waals surface area contributed by atoms with E-state index in [1.165, 1.54) is 11.6 Å². The number of aryl methyl sites for hydroxylation is 1. The van der Waals surface area contributed by atoms with Crippen LogP contribution in [0.1, 0.15) is 11.3 Å². The second kappa shape index (κ2) is 7.32. The number of hydrogen-bond donors (Lipinski definition) is 0. The number of halogens is 4. The lowest BCUT2D eigenvalue weighted by atomic mass is 10.1. The van der Waals surface area contributed by atoms with Crippen molar-refractivity contribution in [2.45, 2.75) is 12.8 Å². The topological polar surface area (TPSA) is 65.7 Å². The third-order valence-corrected chi connectivity index (χ3v) is 4.36. The molecule has 0 fully saturated rings. The molecule has 6 nitrogen and oxygen atoms in total. The minimum Gasteiger partial charge on any atom is -0.472 e. The van der Waals surface area contributed by atoms with Gasteiger partial charge in [-0.2, -0.15) is 18.2 Å². The molecule has 10 heteroatoms. The van der Waals surface area contributed by atoms with Crippen LogP contribution in [-0.4, -0.2) is 24.5 Å². The Bertz CT molecular complexity index is 1170. The van der Waals surface area contributed by atoms with Crippen LogP contribution >= 0.6 is 11.6 Å². The van der Waals surface area contributed by atoms with Crippen molar-refractivity contribution in [3.05, 3.63) is 65.5 Å². The molecule has 0 spiro atoms. The predicted molar refractivity (Wildman–Crippen MR) is 100 cm³/mol. The molecular formula is C19H13ClF3N5O. The van der Waals surface area contributed by atoms with E-state index in [1.807, 2.05) is 0 Å². The van der Waals surface area contributed by atoms with Gasteiger partial charge in [0.25, 0.3) is 0 Å². The van der Waals surface area contributed by atoms with Crippen molar-refractivity contribution in [3.63, 3.8) is 0 Å². The SMILES string of the molecule is Cn1cc(C(F)(F)F)nc1-c1ccc(COc2nc(Cl)nc3cnccc23)cc1. The van der Waals surface area contributed by atoms with Crippen molar-refractivity contribution in [3.8, 4) is 17.3 Å². The first-order valence-corrected chi connectivity index (χ1v) is 8.79. The molecule has 29 heavy (non-hydrogen) atoms. The fraction of sp³-hybridized carbons (Fsp3) is 0.158. The highest BCUT2D eigenvalue weighted by molar-refractivity contribution is 6.28. The maximum atomic E-state index is 12.8. The van der Waals surface area contributed by atoms with Crippen molar-refractivity contribution in [1.29, 1.82) is 0 Å². The number of benzene rings is 1. The van der Waals surface area contributed by atoms with E-state index >= 15 is 0 Å². The summed E-state index contributed by atoms with van der Waals surface area (Å²) in [5.41, 5.74) is 1.00. The van der Waals surface area contributed by atoms with Crippen LogP contribution in [0, 0.1) is 0 Å². The van der Waals surface area contributed by atoms with E-state index in [1.54, 1.807) is 42.7 Å².